The molecule has 0 unspecified atom stereocenters. The summed E-state index contributed by atoms with van der Waals surface area (Å²) >= 11 is 0. The van der Waals surface area contributed by atoms with Crippen LogP contribution in [0.5, 0.6) is 0 Å². The summed E-state index contributed by atoms with van der Waals surface area (Å²) in [4.78, 5) is 6.00. The minimum absolute atomic E-state index is 0.688. The van der Waals surface area contributed by atoms with Crippen LogP contribution in [0.15, 0.2) is 4.99 Å². The number of aliphatic imine (C=N–C) groups is 1. The van der Waals surface area contributed by atoms with Crippen LogP contribution in [0, 0.1) is 0 Å². The van der Waals surface area contributed by atoms with Gasteiger partial charge in [-0.2, -0.15) is 0 Å². The SMILES string of the molecule is C/N=C(\N)N1CCCC1. The Bertz CT molecular complexity index is 113. The molecule has 0 amide bonds. The van der Waals surface area contributed by atoms with E-state index in [2.05, 4.69) is 9.89 Å². The van der Waals surface area contributed by atoms with E-state index in [1.165, 1.54) is 12.8 Å². The van der Waals surface area contributed by atoms with Crippen LogP contribution in [-0.4, -0.2) is 31.0 Å². The maximum atomic E-state index is 5.55. The molecule has 0 atom stereocenters. The van der Waals surface area contributed by atoms with Crippen molar-refractivity contribution in [3.8, 4) is 0 Å². The first kappa shape index (κ1) is 6.39. The number of hydrogen-bond donors (Lipinski definition) is 1. The molecule has 3 nitrogen and oxygen atoms in total. The van der Waals surface area contributed by atoms with Gasteiger partial charge in [0.1, 0.15) is 0 Å². The summed E-state index contributed by atoms with van der Waals surface area (Å²) in [6.07, 6.45) is 2.52. The van der Waals surface area contributed by atoms with Crippen LogP contribution in [0.25, 0.3) is 0 Å². The summed E-state index contributed by atoms with van der Waals surface area (Å²) in [6, 6.07) is 0. The molecule has 0 aromatic rings. The van der Waals surface area contributed by atoms with Crippen LogP contribution in [0.3, 0.4) is 0 Å². The highest BCUT2D eigenvalue weighted by molar-refractivity contribution is 5.78. The Hall–Kier alpha value is -0.730. The number of nitrogens with zero attached hydrogens (tertiary/aromatic N) is 2. The van der Waals surface area contributed by atoms with Gasteiger partial charge in [-0.3, -0.25) is 4.99 Å². The van der Waals surface area contributed by atoms with E-state index in [0.29, 0.717) is 5.96 Å². The van der Waals surface area contributed by atoms with Crippen molar-refractivity contribution in [3.05, 3.63) is 0 Å². The highest BCUT2D eigenvalue weighted by Crippen LogP contribution is 2.05. The number of rotatable bonds is 0. The van der Waals surface area contributed by atoms with E-state index >= 15 is 0 Å². The Kier molecular flexibility index (Phi) is 1.92. The monoisotopic (exact) mass is 127 g/mol. The molecular weight excluding hydrogens is 114 g/mol. The summed E-state index contributed by atoms with van der Waals surface area (Å²) in [5, 5.41) is 0. The minimum atomic E-state index is 0.688. The van der Waals surface area contributed by atoms with Gasteiger partial charge >= 0.3 is 0 Å². The van der Waals surface area contributed by atoms with E-state index in [4.69, 9.17) is 5.73 Å². The molecule has 0 aromatic heterocycles. The number of guanidine groups is 1. The van der Waals surface area contributed by atoms with Crippen molar-refractivity contribution in [3.63, 3.8) is 0 Å². The summed E-state index contributed by atoms with van der Waals surface area (Å²) in [5.41, 5.74) is 5.55. The molecule has 2 N–H and O–H groups in total. The normalized spacial score (nSPS) is 21.0. The molecule has 1 rings (SSSR count). The van der Waals surface area contributed by atoms with Gasteiger partial charge in [-0.15, -0.1) is 0 Å². The van der Waals surface area contributed by atoms with Gasteiger partial charge in [0.25, 0.3) is 0 Å². The smallest absolute Gasteiger partial charge is 0.190 e. The summed E-state index contributed by atoms with van der Waals surface area (Å²) < 4.78 is 0. The van der Waals surface area contributed by atoms with E-state index in [1.807, 2.05) is 0 Å². The lowest BCUT2D eigenvalue weighted by Gasteiger charge is -2.14. The zero-order valence-corrected chi connectivity index (χ0v) is 5.80. The maximum Gasteiger partial charge on any atom is 0.190 e. The van der Waals surface area contributed by atoms with Gasteiger partial charge < -0.3 is 10.6 Å². The van der Waals surface area contributed by atoms with Crippen molar-refractivity contribution >= 4 is 5.96 Å². The number of hydrogen-bond acceptors (Lipinski definition) is 1. The minimum Gasteiger partial charge on any atom is -0.370 e. The van der Waals surface area contributed by atoms with E-state index < -0.39 is 0 Å². The highest BCUT2D eigenvalue weighted by atomic mass is 15.3. The lowest BCUT2D eigenvalue weighted by Crippen LogP contribution is -2.34. The van der Waals surface area contributed by atoms with Gasteiger partial charge in [0.15, 0.2) is 5.96 Å². The Morgan fingerprint density at radius 1 is 1.44 bits per heavy atom. The molecule has 3 heteroatoms. The van der Waals surface area contributed by atoms with Gasteiger partial charge in [0.2, 0.25) is 0 Å². The Labute approximate surface area is 55.6 Å². The van der Waals surface area contributed by atoms with Gasteiger partial charge in [0.05, 0.1) is 0 Å². The van der Waals surface area contributed by atoms with Crippen LogP contribution in [0.4, 0.5) is 0 Å². The molecule has 9 heavy (non-hydrogen) atoms. The first-order valence-corrected chi connectivity index (χ1v) is 3.32. The average Bonchev–Trinajstić information content (AvgIpc) is 2.37. The van der Waals surface area contributed by atoms with E-state index in [1.54, 1.807) is 7.05 Å². The van der Waals surface area contributed by atoms with Crippen LogP contribution in [0.2, 0.25) is 0 Å². The lowest BCUT2D eigenvalue weighted by atomic mass is 10.4. The lowest BCUT2D eigenvalue weighted by molar-refractivity contribution is 0.512. The Morgan fingerprint density at radius 3 is 2.44 bits per heavy atom. The van der Waals surface area contributed by atoms with Crippen molar-refractivity contribution < 1.29 is 0 Å². The van der Waals surface area contributed by atoms with Crippen LogP contribution >= 0.6 is 0 Å². The Morgan fingerprint density at radius 2 is 2.00 bits per heavy atom. The topological polar surface area (TPSA) is 41.6 Å². The first-order chi connectivity index (χ1) is 4.34. The molecule has 1 fully saturated rings. The molecule has 0 saturated carbocycles. The fraction of sp³-hybridized carbons (Fsp3) is 0.833. The molecule has 1 saturated heterocycles. The van der Waals surface area contributed by atoms with E-state index in [0.717, 1.165) is 13.1 Å². The number of nitrogens with two attached hydrogens (primary N) is 1. The summed E-state index contributed by atoms with van der Waals surface area (Å²) in [7, 11) is 1.73. The third-order valence-electron chi connectivity index (χ3n) is 1.66. The third kappa shape index (κ3) is 1.34. The molecule has 0 radical (unpaired) electrons. The predicted octanol–water partition coefficient (Wildman–Crippen LogP) is 0.0267. The molecule has 1 aliphatic rings. The molecule has 0 bridgehead atoms. The fourth-order valence-corrected chi connectivity index (χ4v) is 1.09. The van der Waals surface area contributed by atoms with Crippen LogP contribution < -0.4 is 5.73 Å². The summed E-state index contributed by atoms with van der Waals surface area (Å²) in [5.74, 6) is 0.688. The third-order valence-corrected chi connectivity index (χ3v) is 1.66. The molecule has 0 spiro atoms. The second-order valence-corrected chi connectivity index (χ2v) is 2.28. The van der Waals surface area contributed by atoms with Crippen LogP contribution in [-0.2, 0) is 0 Å². The maximum absolute atomic E-state index is 5.55. The first-order valence-electron chi connectivity index (χ1n) is 3.32. The number of likely N-dealkylation sites (tertiary alicyclic amines) is 1. The van der Waals surface area contributed by atoms with Gasteiger partial charge in [-0.1, -0.05) is 0 Å². The van der Waals surface area contributed by atoms with Gasteiger partial charge in [0, 0.05) is 20.1 Å². The molecule has 0 aromatic carbocycles. The quantitative estimate of drug-likeness (QED) is 0.368. The fourth-order valence-electron chi connectivity index (χ4n) is 1.09. The van der Waals surface area contributed by atoms with E-state index in [9.17, 15) is 0 Å². The summed E-state index contributed by atoms with van der Waals surface area (Å²) in [6.45, 7) is 2.17. The molecule has 1 heterocycles. The molecular formula is C6H13N3. The predicted molar refractivity (Wildman–Crippen MR) is 38.4 cm³/mol. The van der Waals surface area contributed by atoms with Crippen molar-refractivity contribution in [2.24, 2.45) is 10.7 Å². The zero-order chi connectivity index (χ0) is 6.69. The van der Waals surface area contributed by atoms with Crippen molar-refractivity contribution in [2.45, 2.75) is 12.8 Å². The largest absolute Gasteiger partial charge is 0.370 e. The van der Waals surface area contributed by atoms with Crippen LogP contribution in [0.1, 0.15) is 12.8 Å². The second kappa shape index (κ2) is 2.71. The van der Waals surface area contributed by atoms with Crippen molar-refractivity contribution in [2.75, 3.05) is 20.1 Å². The van der Waals surface area contributed by atoms with Gasteiger partial charge in [-0.05, 0) is 12.8 Å². The second-order valence-electron chi connectivity index (χ2n) is 2.28. The molecule has 52 valence electrons. The highest BCUT2D eigenvalue weighted by Gasteiger charge is 2.11. The average molecular weight is 127 g/mol. The van der Waals surface area contributed by atoms with E-state index in [-0.39, 0.29) is 0 Å². The standard InChI is InChI=1S/C6H13N3/c1-8-6(7)9-4-2-3-5-9/h2-5H2,1H3,(H2,7,8). The van der Waals surface area contributed by atoms with Crippen molar-refractivity contribution in [1.82, 2.24) is 4.90 Å². The van der Waals surface area contributed by atoms with Gasteiger partial charge in [-0.25, -0.2) is 0 Å². The van der Waals surface area contributed by atoms with Crippen molar-refractivity contribution in [1.29, 1.82) is 0 Å². The zero-order valence-electron chi connectivity index (χ0n) is 5.80. The molecule has 1 aliphatic heterocycles. The Balaban J connectivity index is 2.42. The molecule has 0 aliphatic carbocycles.